The number of hydrogen-bond acceptors (Lipinski definition) is 7. The number of piperidine rings is 1. The van der Waals surface area contributed by atoms with Gasteiger partial charge in [0.2, 0.25) is 5.13 Å². The van der Waals surface area contributed by atoms with Crippen LogP contribution in [0, 0.1) is 0 Å². The third-order valence-corrected chi connectivity index (χ3v) is 6.75. The molecule has 8 heteroatoms. The summed E-state index contributed by atoms with van der Waals surface area (Å²) in [5, 5.41) is 17.5. The fourth-order valence-corrected chi connectivity index (χ4v) is 5.12. The summed E-state index contributed by atoms with van der Waals surface area (Å²) in [4.78, 5) is 9.41. The summed E-state index contributed by atoms with van der Waals surface area (Å²) in [6.45, 7) is 2.16. The van der Waals surface area contributed by atoms with E-state index in [4.69, 9.17) is 4.98 Å². The Bertz CT molecular complexity index is 933. The second-order valence-electron chi connectivity index (χ2n) is 7.58. The highest BCUT2D eigenvalue weighted by atomic mass is 35.5. The van der Waals surface area contributed by atoms with Crippen LogP contribution < -0.4 is 10.6 Å². The molecule has 2 fully saturated rings. The van der Waals surface area contributed by atoms with Crippen LogP contribution in [0.2, 0.25) is 0 Å². The molecule has 4 heterocycles. The van der Waals surface area contributed by atoms with Crippen LogP contribution in [0.1, 0.15) is 60.9 Å². The topological polar surface area (TPSA) is 75.6 Å². The third kappa shape index (κ3) is 4.11. The Morgan fingerprint density at radius 2 is 1.79 bits per heavy atom. The SMILES string of the molecule is Cl.c1nc2ccc(Nc3nnc(C4CCCC4)s3)nc2cc1C1CCNCC1. The molecule has 0 aromatic carbocycles. The predicted octanol–water partition coefficient (Wildman–Crippen LogP) is 4.77. The van der Waals surface area contributed by atoms with Crippen LogP contribution in [0.15, 0.2) is 24.4 Å². The molecule has 0 radical (unpaired) electrons. The number of nitrogens with zero attached hydrogens (tertiary/aromatic N) is 4. The zero-order chi connectivity index (χ0) is 18.1. The first-order valence-corrected chi connectivity index (χ1v) is 10.7. The Hall–Kier alpha value is -1.83. The molecule has 2 N–H and O–H groups in total. The summed E-state index contributed by atoms with van der Waals surface area (Å²) >= 11 is 1.66. The van der Waals surface area contributed by atoms with Crippen LogP contribution >= 0.6 is 23.7 Å². The van der Waals surface area contributed by atoms with Crippen molar-refractivity contribution in [1.82, 2.24) is 25.5 Å². The molecule has 1 aliphatic heterocycles. The predicted molar refractivity (Wildman–Crippen MR) is 116 cm³/mol. The molecule has 148 valence electrons. The van der Waals surface area contributed by atoms with Crippen molar-refractivity contribution in [2.24, 2.45) is 0 Å². The largest absolute Gasteiger partial charge is 0.317 e. The van der Waals surface area contributed by atoms with Crippen LogP contribution in [0.4, 0.5) is 10.9 Å². The average molecular weight is 417 g/mol. The lowest BCUT2D eigenvalue weighted by Crippen LogP contribution is -2.26. The van der Waals surface area contributed by atoms with Gasteiger partial charge in [-0.05, 0) is 68.5 Å². The van der Waals surface area contributed by atoms with E-state index in [1.807, 2.05) is 18.3 Å². The Balaban J connectivity index is 0.00000192. The molecule has 5 rings (SSSR count). The average Bonchev–Trinajstić information content (AvgIpc) is 3.40. The molecule has 3 aromatic heterocycles. The molecular weight excluding hydrogens is 392 g/mol. The minimum absolute atomic E-state index is 0. The van der Waals surface area contributed by atoms with Gasteiger partial charge in [0.1, 0.15) is 10.8 Å². The first-order valence-electron chi connectivity index (χ1n) is 9.93. The fourth-order valence-electron chi connectivity index (χ4n) is 4.20. The van der Waals surface area contributed by atoms with E-state index in [9.17, 15) is 0 Å². The smallest absolute Gasteiger partial charge is 0.211 e. The highest BCUT2D eigenvalue weighted by Gasteiger charge is 2.21. The number of rotatable bonds is 4. The van der Waals surface area contributed by atoms with Crippen molar-refractivity contribution in [3.8, 4) is 0 Å². The molecule has 1 aliphatic carbocycles. The molecule has 0 atom stereocenters. The third-order valence-electron chi connectivity index (χ3n) is 5.75. The number of hydrogen-bond donors (Lipinski definition) is 2. The van der Waals surface area contributed by atoms with Gasteiger partial charge in [0.25, 0.3) is 0 Å². The van der Waals surface area contributed by atoms with Gasteiger partial charge >= 0.3 is 0 Å². The highest BCUT2D eigenvalue weighted by molar-refractivity contribution is 7.15. The van der Waals surface area contributed by atoms with Crippen LogP contribution in [0.3, 0.4) is 0 Å². The number of pyridine rings is 2. The second kappa shape index (κ2) is 8.68. The molecular formula is C20H25ClN6S. The number of aromatic nitrogens is 4. The maximum Gasteiger partial charge on any atom is 0.211 e. The quantitative estimate of drug-likeness (QED) is 0.637. The summed E-state index contributed by atoms with van der Waals surface area (Å²) in [6, 6.07) is 6.19. The standard InChI is InChI=1S/C20H24N6S.ClH/c1-2-4-14(3-1)19-25-26-20(27-19)24-18-6-5-16-17(23-18)11-15(12-22-16)13-7-9-21-10-8-13;/h5-6,11-14,21H,1-4,7-10H2,(H,23,24,26);1H. The van der Waals surface area contributed by atoms with E-state index in [1.165, 1.54) is 44.1 Å². The van der Waals surface area contributed by atoms with Crippen LogP contribution in [0.25, 0.3) is 11.0 Å². The Morgan fingerprint density at radius 3 is 2.61 bits per heavy atom. The zero-order valence-corrected chi connectivity index (χ0v) is 17.4. The van der Waals surface area contributed by atoms with Gasteiger partial charge in [-0.3, -0.25) is 4.98 Å². The van der Waals surface area contributed by atoms with E-state index in [2.05, 4.69) is 31.9 Å². The van der Waals surface area contributed by atoms with Gasteiger partial charge in [-0.25, -0.2) is 4.98 Å². The normalized spacial score (nSPS) is 18.3. The number of fused-ring (bicyclic) bond motifs is 1. The molecule has 0 spiro atoms. The van der Waals surface area contributed by atoms with E-state index in [0.717, 1.165) is 40.1 Å². The van der Waals surface area contributed by atoms with Gasteiger partial charge in [0.15, 0.2) is 0 Å². The summed E-state index contributed by atoms with van der Waals surface area (Å²) < 4.78 is 0. The number of anilines is 2. The van der Waals surface area contributed by atoms with Gasteiger partial charge in [0.05, 0.1) is 11.0 Å². The lowest BCUT2D eigenvalue weighted by Gasteiger charge is -2.22. The lowest BCUT2D eigenvalue weighted by atomic mass is 9.91. The van der Waals surface area contributed by atoms with Crippen LogP contribution in [0.5, 0.6) is 0 Å². The first-order chi connectivity index (χ1) is 13.3. The van der Waals surface area contributed by atoms with E-state index >= 15 is 0 Å². The van der Waals surface area contributed by atoms with Gasteiger partial charge in [-0.15, -0.1) is 22.6 Å². The molecule has 1 saturated carbocycles. The maximum atomic E-state index is 4.78. The summed E-state index contributed by atoms with van der Waals surface area (Å²) in [5.74, 6) is 1.99. The van der Waals surface area contributed by atoms with E-state index in [0.29, 0.717) is 11.8 Å². The zero-order valence-electron chi connectivity index (χ0n) is 15.7. The highest BCUT2D eigenvalue weighted by Crippen LogP contribution is 2.37. The molecule has 0 unspecified atom stereocenters. The Morgan fingerprint density at radius 1 is 0.964 bits per heavy atom. The molecule has 2 aliphatic rings. The first kappa shape index (κ1) is 19.5. The fraction of sp³-hybridized carbons (Fsp3) is 0.500. The lowest BCUT2D eigenvalue weighted by molar-refractivity contribution is 0.460. The van der Waals surface area contributed by atoms with Crippen molar-refractivity contribution in [2.75, 3.05) is 18.4 Å². The Labute approximate surface area is 175 Å². The molecule has 6 nitrogen and oxygen atoms in total. The maximum absolute atomic E-state index is 4.78. The van der Waals surface area contributed by atoms with Gasteiger partial charge in [0, 0.05) is 12.1 Å². The van der Waals surface area contributed by atoms with Crippen LogP contribution in [-0.4, -0.2) is 33.3 Å². The van der Waals surface area contributed by atoms with E-state index in [1.54, 1.807) is 11.3 Å². The van der Waals surface area contributed by atoms with Crippen molar-refractivity contribution in [1.29, 1.82) is 0 Å². The van der Waals surface area contributed by atoms with Crippen molar-refractivity contribution < 1.29 is 0 Å². The van der Waals surface area contributed by atoms with Crippen molar-refractivity contribution in [3.05, 3.63) is 35.0 Å². The van der Waals surface area contributed by atoms with Gasteiger partial charge < -0.3 is 10.6 Å². The van der Waals surface area contributed by atoms with Gasteiger partial charge in [-0.1, -0.05) is 24.2 Å². The van der Waals surface area contributed by atoms with Crippen LogP contribution in [-0.2, 0) is 0 Å². The minimum Gasteiger partial charge on any atom is -0.317 e. The molecule has 0 bridgehead atoms. The minimum atomic E-state index is 0. The van der Waals surface area contributed by atoms with E-state index < -0.39 is 0 Å². The summed E-state index contributed by atoms with van der Waals surface area (Å²) in [7, 11) is 0. The Kier molecular flexibility index (Phi) is 6.04. The summed E-state index contributed by atoms with van der Waals surface area (Å²) in [5.41, 5.74) is 3.17. The van der Waals surface area contributed by atoms with Gasteiger partial charge in [-0.2, -0.15) is 0 Å². The number of halogens is 1. The molecule has 3 aromatic rings. The monoisotopic (exact) mass is 416 g/mol. The van der Waals surface area contributed by atoms with Crippen molar-refractivity contribution in [3.63, 3.8) is 0 Å². The second-order valence-corrected chi connectivity index (χ2v) is 8.59. The van der Waals surface area contributed by atoms with E-state index in [-0.39, 0.29) is 12.4 Å². The molecule has 1 saturated heterocycles. The number of nitrogens with one attached hydrogen (secondary N) is 2. The molecule has 28 heavy (non-hydrogen) atoms. The van der Waals surface area contributed by atoms with Crippen molar-refractivity contribution >= 4 is 45.7 Å². The molecule has 0 amide bonds. The summed E-state index contributed by atoms with van der Waals surface area (Å²) in [6.07, 6.45) is 9.46. The van der Waals surface area contributed by atoms with Crippen molar-refractivity contribution in [2.45, 2.75) is 50.4 Å².